The van der Waals surface area contributed by atoms with E-state index in [1.54, 1.807) is 13.1 Å². The highest BCUT2D eigenvalue weighted by atomic mass is 16.5. The molecular formula is C26H27N3O4. The second-order valence-electron chi connectivity index (χ2n) is 7.17. The fourth-order valence-electron chi connectivity index (χ4n) is 3.05. The Morgan fingerprint density at radius 3 is 2.27 bits per heavy atom. The summed E-state index contributed by atoms with van der Waals surface area (Å²) in [5.41, 5.74) is 5.21. The van der Waals surface area contributed by atoms with Crippen molar-refractivity contribution in [2.24, 2.45) is 5.10 Å². The molecule has 0 aliphatic carbocycles. The van der Waals surface area contributed by atoms with Crippen LogP contribution >= 0.6 is 0 Å². The number of amides is 2. The van der Waals surface area contributed by atoms with Crippen LogP contribution in [0.15, 0.2) is 90.0 Å². The van der Waals surface area contributed by atoms with Crippen molar-refractivity contribution in [1.82, 2.24) is 10.7 Å². The minimum absolute atomic E-state index is 0.0203. The second kappa shape index (κ2) is 12.7. The third-order valence-corrected chi connectivity index (χ3v) is 4.69. The van der Waals surface area contributed by atoms with Gasteiger partial charge in [-0.1, -0.05) is 60.7 Å². The van der Waals surface area contributed by atoms with Crippen molar-refractivity contribution >= 4 is 18.2 Å². The van der Waals surface area contributed by atoms with E-state index in [1.165, 1.54) is 0 Å². The molecule has 3 rings (SSSR count). The lowest BCUT2D eigenvalue weighted by Crippen LogP contribution is -2.33. The summed E-state index contributed by atoms with van der Waals surface area (Å²) in [4.78, 5) is 24.3. The fraction of sp³-hybridized carbons (Fsp3) is 0.192. The Balaban J connectivity index is 1.50. The molecule has 0 aliphatic rings. The maximum atomic E-state index is 12.4. The van der Waals surface area contributed by atoms with Gasteiger partial charge in [0.05, 0.1) is 25.3 Å². The second-order valence-corrected chi connectivity index (χ2v) is 7.17. The number of nitrogens with zero attached hydrogens (tertiary/aromatic N) is 1. The third-order valence-electron chi connectivity index (χ3n) is 4.69. The monoisotopic (exact) mass is 445 g/mol. The quantitative estimate of drug-likeness (QED) is 0.353. The normalized spacial score (nSPS) is 11.5. The number of benzene rings is 3. The Morgan fingerprint density at radius 1 is 0.939 bits per heavy atom. The Hall–Kier alpha value is -4.13. The van der Waals surface area contributed by atoms with Gasteiger partial charge in [-0.25, -0.2) is 10.2 Å². The molecule has 0 aliphatic heterocycles. The molecule has 0 bridgehead atoms. The molecule has 7 nitrogen and oxygen atoms in total. The summed E-state index contributed by atoms with van der Waals surface area (Å²) < 4.78 is 10.7. The molecule has 1 atom stereocenters. The lowest BCUT2D eigenvalue weighted by atomic mass is 10.0. The number of rotatable bonds is 10. The molecule has 0 saturated heterocycles. The van der Waals surface area contributed by atoms with E-state index in [1.807, 2.05) is 84.9 Å². The molecule has 2 amide bonds. The van der Waals surface area contributed by atoms with Gasteiger partial charge in [0.1, 0.15) is 12.4 Å². The summed E-state index contributed by atoms with van der Waals surface area (Å²) in [5, 5.41) is 6.73. The van der Waals surface area contributed by atoms with E-state index in [0.717, 1.165) is 22.4 Å². The van der Waals surface area contributed by atoms with E-state index < -0.39 is 12.1 Å². The number of alkyl carbamates (subject to hydrolysis) is 1. The van der Waals surface area contributed by atoms with Gasteiger partial charge in [-0.3, -0.25) is 4.79 Å². The number of hydrogen-bond donors (Lipinski definition) is 2. The zero-order valence-corrected chi connectivity index (χ0v) is 18.4. The number of carbonyl (C=O) groups is 2. The Bertz CT molecular complexity index is 1040. The molecule has 0 saturated carbocycles. The number of nitrogens with one attached hydrogen (secondary N) is 2. The highest BCUT2D eigenvalue weighted by Crippen LogP contribution is 2.17. The molecule has 170 valence electrons. The van der Waals surface area contributed by atoms with E-state index in [4.69, 9.17) is 9.47 Å². The van der Waals surface area contributed by atoms with Gasteiger partial charge < -0.3 is 14.8 Å². The molecule has 2 N–H and O–H groups in total. The standard InChI is InChI=1S/C26H27N3O4/c1-2-32-26(31)28-24(22-11-7-4-8-12-22)17-25(30)29-27-18-20-13-15-23(16-14-20)33-19-21-9-5-3-6-10-21/h3-16,18,24H,2,17,19H2,1H3,(H,28,31)(H,29,30)/b27-18-/t24-/m1/s1. The van der Waals surface area contributed by atoms with Crippen LogP contribution in [0, 0.1) is 0 Å². The Morgan fingerprint density at radius 2 is 1.61 bits per heavy atom. The maximum Gasteiger partial charge on any atom is 0.407 e. The van der Waals surface area contributed by atoms with Gasteiger partial charge >= 0.3 is 6.09 Å². The predicted octanol–water partition coefficient (Wildman–Crippen LogP) is 4.59. The highest BCUT2D eigenvalue weighted by molar-refractivity contribution is 5.83. The summed E-state index contributed by atoms with van der Waals surface area (Å²) >= 11 is 0. The first-order chi connectivity index (χ1) is 16.1. The minimum Gasteiger partial charge on any atom is -0.489 e. The van der Waals surface area contributed by atoms with Crippen LogP contribution in [0.2, 0.25) is 0 Å². The topological polar surface area (TPSA) is 89.0 Å². The van der Waals surface area contributed by atoms with Crippen LogP contribution in [-0.4, -0.2) is 24.8 Å². The first kappa shape index (κ1) is 23.5. The van der Waals surface area contributed by atoms with Crippen molar-refractivity contribution in [1.29, 1.82) is 0 Å². The Labute approximate surface area is 193 Å². The van der Waals surface area contributed by atoms with Crippen LogP contribution in [0.5, 0.6) is 5.75 Å². The zero-order chi connectivity index (χ0) is 23.3. The van der Waals surface area contributed by atoms with Gasteiger partial charge in [0.2, 0.25) is 5.91 Å². The van der Waals surface area contributed by atoms with Crippen molar-refractivity contribution in [3.05, 3.63) is 102 Å². The minimum atomic E-state index is -0.572. The van der Waals surface area contributed by atoms with E-state index in [9.17, 15) is 9.59 Å². The number of hydrogen-bond acceptors (Lipinski definition) is 5. The van der Waals surface area contributed by atoms with Crippen molar-refractivity contribution < 1.29 is 19.1 Å². The average Bonchev–Trinajstić information content (AvgIpc) is 2.84. The van der Waals surface area contributed by atoms with Crippen LogP contribution < -0.4 is 15.5 Å². The molecule has 0 unspecified atom stereocenters. The molecule has 7 heteroatoms. The summed E-state index contributed by atoms with van der Waals surface area (Å²) in [6.45, 7) is 2.47. The lowest BCUT2D eigenvalue weighted by Gasteiger charge is -2.18. The number of hydrazone groups is 1. The van der Waals surface area contributed by atoms with Crippen LogP contribution in [-0.2, 0) is 16.1 Å². The number of ether oxygens (including phenoxy) is 2. The molecule has 33 heavy (non-hydrogen) atoms. The van der Waals surface area contributed by atoms with Crippen molar-refractivity contribution in [3.8, 4) is 5.75 Å². The number of carbonyl (C=O) groups excluding carboxylic acids is 2. The van der Waals surface area contributed by atoms with Gasteiger partial charge in [-0.05, 0) is 47.9 Å². The van der Waals surface area contributed by atoms with Crippen LogP contribution in [0.3, 0.4) is 0 Å². The molecule has 0 heterocycles. The van der Waals surface area contributed by atoms with Gasteiger partial charge in [0, 0.05) is 0 Å². The lowest BCUT2D eigenvalue weighted by molar-refractivity contribution is -0.121. The Kier molecular flexibility index (Phi) is 9.03. The van der Waals surface area contributed by atoms with Gasteiger partial charge in [-0.15, -0.1) is 0 Å². The molecule has 3 aromatic carbocycles. The van der Waals surface area contributed by atoms with Crippen LogP contribution in [0.25, 0.3) is 0 Å². The summed E-state index contributed by atoms with van der Waals surface area (Å²) in [6.07, 6.45) is 0.999. The van der Waals surface area contributed by atoms with Crippen molar-refractivity contribution in [2.45, 2.75) is 26.0 Å². The zero-order valence-electron chi connectivity index (χ0n) is 18.4. The fourth-order valence-corrected chi connectivity index (χ4v) is 3.05. The van der Waals surface area contributed by atoms with Crippen molar-refractivity contribution in [2.75, 3.05) is 6.61 Å². The molecule has 0 fully saturated rings. The summed E-state index contributed by atoms with van der Waals surface area (Å²) in [5.74, 6) is 0.412. The van der Waals surface area contributed by atoms with E-state index in [2.05, 4.69) is 15.8 Å². The first-order valence-corrected chi connectivity index (χ1v) is 10.7. The van der Waals surface area contributed by atoms with Gasteiger partial charge in [0.25, 0.3) is 0 Å². The third kappa shape index (κ3) is 8.14. The highest BCUT2D eigenvalue weighted by Gasteiger charge is 2.18. The average molecular weight is 446 g/mol. The van der Waals surface area contributed by atoms with E-state index >= 15 is 0 Å². The van der Waals surface area contributed by atoms with Gasteiger partial charge in [-0.2, -0.15) is 5.10 Å². The van der Waals surface area contributed by atoms with E-state index in [0.29, 0.717) is 6.61 Å². The smallest absolute Gasteiger partial charge is 0.407 e. The van der Waals surface area contributed by atoms with Gasteiger partial charge in [0.15, 0.2) is 0 Å². The largest absolute Gasteiger partial charge is 0.489 e. The summed E-state index contributed by atoms with van der Waals surface area (Å²) in [6, 6.07) is 26.0. The SMILES string of the molecule is CCOC(=O)N[C@H](CC(=O)N/N=C\c1ccc(OCc2ccccc2)cc1)c1ccccc1. The molecular weight excluding hydrogens is 418 g/mol. The van der Waals surface area contributed by atoms with E-state index in [-0.39, 0.29) is 18.9 Å². The van der Waals surface area contributed by atoms with Crippen LogP contribution in [0.1, 0.15) is 36.1 Å². The molecule has 3 aromatic rings. The summed E-state index contributed by atoms with van der Waals surface area (Å²) in [7, 11) is 0. The molecule has 0 aromatic heterocycles. The maximum absolute atomic E-state index is 12.4. The molecule has 0 radical (unpaired) electrons. The predicted molar refractivity (Wildman–Crippen MR) is 127 cm³/mol. The first-order valence-electron chi connectivity index (χ1n) is 10.7. The molecule has 0 spiro atoms. The van der Waals surface area contributed by atoms with Crippen LogP contribution in [0.4, 0.5) is 4.79 Å². The van der Waals surface area contributed by atoms with Crippen molar-refractivity contribution in [3.63, 3.8) is 0 Å².